The number of imidazole rings is 1. The minimum absolute atomic E-state index is 0.154. The molecule has 0 aliphatic rings. The number of anilines is 1. The van der Waals surface area contributed by atoms with Crippen LogP contribution >= 0.6 is 0 Å². The van der Waals surface area contributed by atoms with Crippen LogP contribution in [0, 0.1) is 0 Å². The highest BCUT2D eigenvalue weighted by Crippen LogP contribution is 2.32. The van der Waals surface area contributed by atoms with Crippen LogP contribution in [0.4, 0.5) is 5.69 Å². The Labute approximate surface area is 138 Å². The lowest BCUT2D eigenvalue weighted by Gasteiger charge is -2.19. The molecule has 120 valence electrons. The highest BCUT2D eigenvalue weighted by atomic mass is 15.1. The van der Waals surface area contributed by atoms with Crippen molar-refractivity contribution in [3.8, 4) is 11.4 Å². The van der Waals surface area contributed by atoms with E-state index in [0.717, 1.165) is 28.1 Å². The molecule has 0 fully saturated rings. The monoisotopic (exact) mass is 307 g/mol. The summed E-state index contributed by atoms with van der Waals surface area (Å²) in [7, 11) is 0. The van der Waals surface area contributed by atoms with Gasteiger partial charge in [0.05, 0.1) is 11.2 Å². The zero-order valence-electron chi connectivity index (χ0n) is 14.6. The van der Waals surface area contributed by atoms with Crippen molar-refractivity contribution in [3.63, 3.8) is 0 Å². The number of nitrogen functional groups attached to an aromatic ring is 1. The lowest BCUT2D eigenvalue weighted by Crippen LogP contribution is -2.10. The maximum absolute atomic E-state index is 6.12. The van der Waals surface area contributed by atoms with Crippen LogP contribution in [-0.4, -0.2) is 9.55 Å². The zero-order chi connectivity index (χ0) is 16.8. The van der Waals surface area contributed by atoms with Crippen LogP contribution in [0.25, 0.3) is 22.4 Å². The van der Waals surface area contributed by atoms with E-state index in [1.807, 2.05) is 12.1 Å². The quantitative estimate of drug-likeness (QED) is 0.664. The summed E-state index contributed by atoms with van der Waals surface area (Å²) in [5.41, 5.74) is 11.4. The fourth-order valence-corrected chi connectivity index (χ4v) is 2.98. The lowest BCUT2D eigenvalue weighted by molar-refractivity contribution is 0.590. The number of benzene rings is 2. The molecule has 3 rings (SSSR count). The molecule has 0 aliphatic carbocycles. The van der Waals surface area contributed by atoms with Crippen LogP contribution in [0.5, 0.6) is 0 Å². The van der Waals surface area contributed by atoms with Gasteiger partial charge in [-0.1, -0.05) is 51.1 Å². The summed E-state index contributed by atoms with van der Waals surface area (Å²) >= 11 is 0. The maximum Gasteiger partial charge on any atom is 0.141 e. The molecule has 3 aromatic rings. The Bertz CT molecular complexity index is 834. The van der Waals surface area contributed by atoms with Gasteiger partial charge in [0.1, 0.15) is 11.3 Å². The highest BCUT2D eigenvalue weighted by Gasteiger charge is 2.18. The van der Waals surface area contributed by atoms with Crippen molar-refractivity contribution in [3.05, 3.63) is 48.0 Å². The fraction of sp³-hybridized carbons (Fsp3) is 0.350. The van der Waals surface area contributed by atoms with E-state index < -0.39 is 0 Å². The zero-order valence-corrected chi connectivity index (χ0v) is 14.6. The summed E-state index contributed by atoms with van der Waals surface area (Å²) < 4.78 is 2.26. The number of nitrogens with zero attached hydrogens (tertiary/aromatic N) is 2. The minimum atomic E-state index is 0.154. The Balaban J connectivity index is 2.20. The second-order valence-corrected chi connectivity index (χ2v) is 7.44. The van der Waals surface area contributed by atoms with Crippen molar-refractivity contribution < 1.29 is 0 Å². The molecule has 0 unspecified atom stereocenters. The van der Waals surface area contributed by atoms with Crippen LogP contribution in [0.15, 0.2) is 42.5 Å². The molecule has 3 heteroatoms. The Morgan fingerprint density at radius 3 is 2.22 bits per heavy atom. The molecule has 1 aromatic heterocycles. The van der Waals surface area contributed by atoms with Crippen LogP contribution in [0.2, 0.25) is 0 Å². The third-order valence-corrected chi connectivity index (χ3v) is 4.28. The van der Waals surface area contributed by atoms with E-state index in [1.165, 1.54) is 5.56 Å². The average molecular weight is 307 g/mol. The molecule has 0 radical (unpaired) electrons. The van der Waals surface area contributed by atoms with Gasteiger partial charge in [-0.2, -0.15) is 0 Å². The Hall–Kier alpha value is -2.29. The summed E-state index contributed by atoms with van der Waals surface area (Å²) in [5, 5.41) is 0. The van der Waals surface area contributed by atoms with E-state index in [9.17, 15) is 0 Å². The van der Waals surface area contributed by atoms with Gasteiger partial charge in [-0.25, -0.2) is 4.98 Å². The number of fused-ring (bicyclic) bond motifs is 1. The van der Waals surface area contributed by atoms with Gasteiger partial charge in [-0.3, -0.25) is 0 Å². The molecule has 1 heterocycles. The van der Waals surface area contributed by atoms with Crippen molar-refractivity contribution >= 4 is 16.7 Å². The normalized spacial score (nSPS) is 12.3. The number of aromatic nitrogens is 2. The van der Waals surface area contributed by atoms with E-state index >= 15 is 0 Å². The van der Waals surface area contributed by atoms with Crippen molar-refractivity contribution in [2.75, 3.05) is 5.73 Å². The van der Waals surface area contributed by atoms with E-state index in [2.05, 4.69) is 69.5 Å². The van der Waals surface area contributed by atoms with Gasteiger partial charge in [-0.15, -0.1) is 0 Å². The van der Waals surface area contributed by atoms with E-state index in [0.29, 0.717) is 6.04 Å². The second kappa shape index (κ2) is 5.41. The van der Waals surface area contributed by atoms with Crippen LogP contribution in [-0.2, 0) is 5.41 Å². The molecule has 0 bridgehead atoms. The van der Waals surface area contributed by atoms with Gasteiger partial charge in [-0.05, 0) is 37.0 Å². The molecule has 0 spiro atoms. The fourth-order valence-electron chi connectivity index (χ4n) is 2.98. The topological polar surface area (TPSA) is 43.8 Å². The molecule has 2 aromatic carbocycles. The first kappa shape index (κ1) is 15.6. The van der Waals surface area contributed by atoms with Crippen molar-refractivity contribution in [1.29, 1.82) is 0 Å². The standard InChI is InChI=1S/C20H25N3/c1-13(2)23-17-8-6-7-16(21)18(17)22-19(23)14-9-11-15(12-10-14)20(3,4)5/h6-13H,21H2,1-5H3. The lowest BCUT2D eigenvalue weighted by atomic mass is 9.86. The van der Waals surface area contributed by atoms with Crippen molar-refractivity contribution in [2.45, 2.75) is 46.1 Å². The highest BCUT2D eigenvalue weighted by molar-refractivity contribution is 5.90. The number of para-hydroxylation sites is 1. The number of nitrogens with two attached hydrogens (primary N) is 1. The van der Waals surface area contributed by atoms with Crippen LogP contribution in [0.3, 0.4) is 0 Å². The molecule has 23 heavy (non-hydrogen) atoms. The van der Waals surface area contributed by atoms with Gasteiger partial charge in [0.25, 0.3) is 0 Å². The molecular weight excluding hydrogens is 282 g/mol. The summed E-state index contributed by atoms with van der Waals surface area (Å²) in [4.78, 5) is 4.83. The second-order valence-electron chi connectivity index (χ2n) is 7.44. The van der Waals surface area contributed by atoms with Crippen molar-refractivity contribution in [2.24, 2.45) is 0 Å². The van der Waals surface area contributed by atoms with Gasteiger partial charge >= 0.3 is 0 Å². The van der Waals surface area contributed by atoms with Gasteiger partial charge in [0.2, 0.25) is 0 Å². The molecule has 2 N–H and O–H groups in total. The van der Waals surface area contributed by atoms with E-state index in [1.54, 1.807) is 0 Å². The summed E-state index contributed by atoms with van der Waals surface area (Å²) in [5.74, 6) is 0.980. The summed E-state index contributed by atoms with van der Waals surface area (Å²) in [6.45, 7) is 11.0. The molecule has 0 aliphatic heterocycles. The predicted molar refractivity (Wildman–Crippen MR) is 98.7 cm³/mol. The third kappa shape index (κ3) is 2.72. The smallest absolute Gasteiger partial charge is 0.141 e. The Kier molecular flexibility index (Phi) is 3.67. The Morgan fingerprint density at radius 1 is 1.00 bits per heavy atom. The number of hydrogen-bond donors (Lipinski definition) is 1. The Morgan fingerprint density at radius 2 is 1.65 bits per heavy atom. The molecule has 0 atom stereocenters. The first-order valence-corrected chi connectivity index (χ1v) is 8.16. The largest absolute Gasteiger partial charge is 0.397 e. The third-order valence-electron chi connectivity index (χ3n) is 4.28. The number of rotatable bonds is 2. The first-order chi connectivity index (χ1) is 10.8. The average Bonchev–Trinajstić information content (AvgIpc) is 2.87. The maximum atomic E-state index is 6.12. The van der Waals surface area contributed by atoms with Gasteiger partial charge in [0, 0.05) is 11.6 Å². The van der Waals surface area contributed by atoms with E-state index in [4.69, 9.17) is 10.7 Å². The molecule has 0 amide bonds. The minimum Gasteiger partial charge on any atom is -0.397 e. The molecular formula is C20H25N3. The van der Waals surface area contributed by atoms with Crippen molar-refractivity contribution in [1.82, 2.24) is 9.55 Å². The van der Waals surface area contributed by atoms with Gasteiger partial charge < -0.3 is 10.3 Å². The van der Waals surface area contributed by atoms with E-state index in [-0.39, 0.29) is 5.41 Å². The molecule has 3 nitrogen and oxygen atoms in total. The SMILES string of the molecule is CC(C)n1c(-c2ccc(C(C)(C)C)cc2)nc2c(N)cccc21. The first-order valence-electron chi connectivity index (χ1n) is 8.16. The van der Waals surface area contributed by atoms with Crippen LogP contribution in [0.1, 0.15) is 46.2 Å². The summed E-state index contributed by atoms with van der Waals surface area (Å²) in [6.07, 6.45) is 0. The molecule has 0 saturated carbocycles. The summed E-state index contributed by atoms with van der Waals surface area (Å²) in [6, 6.07) is 15.0. The van der Waals surface area contributed by atoms with Crippen LogP contribution < -0.4 is 5.73 Å². The van der Waals surface area contributed by atoms with Gasteiger partial charge in [0.15, 0.2) is 0 Å². The number of hydrogen-bond acceptors (Lipinski definition) is 2. The molecule has 0 saturated heterocycles. The predicted octanol–water partition coefficient (Wildman–Crippen LogP) is 5.16.